The monoisotopic (exact) mass is 285 g/mol. The molecule has 0 aliphatic carbocycles. The molecule has 0 spiro atoms. The summed E-state index contributed by atoms with van der Waals surface area (Å²) >= 11 is 11.8. The summed E-state index contributed by atoms with van der Waals surface area (Å²) in [7, 11) is 0. The lowest BCUT2D eigenvalue weighted by Gasteiger charge is -2.25. The quantitative estimate of drug-likeness (QED) is 0.780. The van der Waals surface area contributed by atoms with Gasteiger partial charge in [-0.05, 0) is 30.0 Å². The Bertz CT molecular complexity index is 418. The number of carbonyl (C=O) groups excluding carboxylic acids is 1. The number of benzene rings is 1. The molecule has 0 radical (unpaired) electrons. The number of halogens is 2. The Morgan fingerprint density at radius 1 is 1.39 bits per heavy atom. The number of rotatable bonds is 3. The van der Waals surface area contributed by atoms with Crippen molar-refractivity contribution in [2.75, 3.05) is 12.4 Å². The molecular formula is C14H17Cl2NO. The first-order valence-corrected chi connectivity index (χ1v) is 7.13. The zero-order valence-electron chi connectivity index (χ0n) is 10.4. The maximum Gasteiger partial charge on any atom is 0.227 e. The molecule has 2 nitrogen and oxygen atoms in total. The van der Waals surface area contributed by atoms with Crippen molar-refractivity contribution in [3.05, 3.63) is 34.9 Å². The van der Waals surface area contributed by atoms with Gasteiger partial charge in [0, 0.05) is 23.5 Å². The van der Waals surface area contributed by atoms with Gasteiger partial charge in [0.05, 0.1) is 6.42 Å². The standard InChI is InChI=1S/C14H17Cl2NO/c1-10-6-7-17(13(10)9-15)14(18)8-11-2-4-12(16)5-3-11/h2-5,10,13H,6-9H2,1H3. The highest BCUT2D eigenvalue weighted by molar-refractivity contribution is 6.30. The first kappa shape index (κ1) is 13.7. The SMILES string of the molecule is CC1CCN(C(=O)Cc2ccc(Cl)cc2)C1CCl. The van der Waals surface area contributed by atoms with Gasteiger partial charge in [0.2, 0.25) is 5.91 Å². The van der Waals surface area contributed by atoms with Crippen molar-refractivity contribution in [2.45, 2.75) is 25.8 Å². The van der Waals surface area contributed by atoms with Crippen LogP contribution in [0.15, 0.2) is 24.3 Å². The lowest BCUT2D eigenvalue weighted by Crippen LogP contribution is -2.39. The van der Waals surface area contributed by atoms with Gasteiger partial charge in [0.1, 0.15) is 0 Å². The minimum Gasteiger partial charge on any atom is -0.338 e. The minimum absolute atomic E-state index is 0.160. The van der Waals surface area contributed by atoms with Crippen molar-refractivity contribution in [1.29, 1.82) is 0 Å². The van der Waals surface area contributed by atoms with Crippen LogP contribution < -0.4 is 0 Å². The first-order valence-electron chi connectivity index (χ1n) is 6.21. The maximum absolute atomic E-state index is 12.2. The van der Waals surface area contributed by atoms with E-state index in [1.54, 1.807) is 0 Å². The van der Waals surface area contributed by atoms with Crippen LogP contribution in [-0.4, -0.2) is 29.3 Å². The van der Waals surface area contributed by atoms with Crippen LogP contribution in [0.2, 0.25) is 5.02 Å². The van der Waals surface area contributed by atoms with Gasteiger partial charge in [0.25, 0.3) is 0 Å². The van der Waals surface area contributed by atoms with E-state index in [1.807, 2.05) is 29.2 Å². The lowest BCUT2D eigenvalue weighted by atomic mass is 10.0. The second-order valence-corrected chi connectivity index (χ2v) is 5.62. The minimum atomic E-state index is 0.160. The van der Waals surface area contributed by atoms with Crippen LogP contribution in [0.25, 0.3) is 0 Å². The van der Waals surface area contributed by atoms with Crippen LogP contribution in [0, 0.1) is 5.92 Å². The summed E-state index contributed by atoms with van der Waals surface area (Å²) in [5, 5.41) is 0.694. The molecule has 1 aliphatic rings. The normalized spacial score (nSPS) is 23.4. The van der Waals surface area contributed by atoms with Gasteiger partial charge in [-0.1, -0.05) is 30.7 Å². The van der Waals surface area contributed by atoms with Gasteiger partial charge >= 0.3 is 0 Å². The highest BCUT2D eigenvalue weighted by Gasteiger charge is 2.33. The molecular weight excluding hydrogens is 269 g/mol. The molecule has 98 valence electrons. The number of hydrogen-bond acceptors (Lipinski definition) is 1. The van der Waals surface area contributed by atoms with Gasteiger partial charge in [-0.15, -0.1) is 11.6 Å². The molecule has 2 rings (SSSR count). The van der Waals surface area contributed by atoms with Crippen LogP contribution in [0.4, 0.5) is 0 Å². The summed E-state index contributed by atoms with van der Waals surface area (Å²) in [6.45, 7) is 2.98. The van der Waals surface area contributed by atoms with Crippen LogP contribution >= 0.6 is 23.2 Å². The topological polar surface area (TPSA) is 20.3 Å². The molecule has 1 saturated heterocycles. The fourth-order valence-corrected chi connectivity index (χ4v) is 3.03. The van der Waals surface area contributed by atoms with E-state index < -0.39 is 0 Å². The van der Waals surface area contributed by atoms with Gasteiger partial charge in [-0.2, -0.15) is 0 Å². The van der Waals surface area contributed by atoms with Crippen molar-refractivity contribution >= 4 is 29.1 Å². The average Bonchev–Trinajstić information content (AvgIpc) is 2.73. The summed E-state index contributed by atoms with van der Waals surface area (Å²) in [5.41, 5.74) is 0.997. The summed E-state index contributed by atoms with van der Waals surface area (Å²) in [4.78, 5) is 14.2. The van der Waals surface area contributed by atoms with Crippen molar-refractivity contribution in [2.24, 2.45) is 5.92 Å². The van der Waals surface area contributed by atoms with Crippen molar-refractivity contribution < 1.29 is 4.79 Å². The Morgan fingerprint density at radius 3 is 2.67 bits per heavy atom. The number of amides is 1. The molecule has 1 aromatic rings. The Hall–Kier alpha value is -0.730. The van der Waals surface area contributed by atoms with Crippen molar-refractivity contribution in [1.82, 2.24) is 4.90 Å². The fourth-order valence-electron chi connectivity index (χ4n) is 2.43. The second-order valence-electron chi connectivity index (χ2n) is 4.88. The molecule has 0 aromatic heterocycles. The van der Waals surface area contributed by atoms with Crippen LogP contribution in [0.3, 0.4) is 0 Å². The van der Waals surface area contributed by atoms with E-state index in [1.165, 1.54) is 0 Å². The molecule has 1 amide bonds. The number of hydrogen-bond donors (Lipinski definition) is 0. The molecule has 1 fully saturated rings. The largest absolute Gasteiger partial charge is 0.338 e. The van der Waals surface area contributed by atoms with Crippen LogP contribution in [0.1, 0.15) is 18.9 Å². The number of carbonyl (C=O) groups is 1. The highest BCUT2D eigenvalue weighted by Crippen LogP contribution is 2.25. The fraction of sp³-hybridized carbons (Fsp3) is 0.500. The van der Waals surface area contributed by atoms with E-state index in [2.05, 4.69) is 6.92 Å². The molecule has 0 saturated carbocycles. The van der Waals surface area contributed by atoms with Gasteiger partial charge in [0.15, 0.2) is 0 Å². The molecule has 18 heavy (non-hydrogen) atoms. The van der Waals surface area contributed by atoms with E-state index in [9.17, 15) is 4.79 Å². The van der Waals surface area contributed by atoms with Gasteiger partial charge in [-0.25, -0.2) is 0 Å². The first-order chi connectivity index (χ1) is 8.61. The Balaban J connectivity index is 2.01. The van der Waals surface area contributed by atoms with Crippen molar-refractivity contribution in [3.8, 4) is 0 Å². The second kappa shape index (κ2) is 5.94. The molecule has 0 bridgehead atoms. The van der Waals surface area contributed by atoms with E-state index in [0.29, 0.717) is 23.2 Å². The summed E-state index contributed by atoms with van der Waals surface area (Å²) in [6.07, 6.45) is 1.47. The number of likely N-dealkylation sites (tertiary alicyclic amines) is 1. The third-order valence-corrected chi connectivity index (χ3v) is 4.20. The maximum atomic E-state index is 12.2. The van der Waals surface area contributed by atoms with Crippen LogP contribution in [0.5, 0.6) is 0 Å². The molecule has 1 heterocycles. The predicted octanol–water partition coefficient (Wildman–Crippen LogP) is 3.36. The van der Waals surface area contributed by atoms with E-state index >= 15 is 0 Å². The molecule has 2 atom stereocenters. The number of nitrogens with zero attached hydrogens (tertiary/aromatic N) is 1. The van der Waals surface area contributed by atoms with Crippen LogP contribution in [-0.2, 0) is 11.2 Å². The lowest BCUT2D eigenvalue weighted by molar-refractivity contribution is -0.131. The summed E-state index contributed by atoms with van der Waals surface area (Å²) < 4.78 is 0. The molecule has 2 unspecified atom stereocenters. The third kappa shape index (κ3) is 2.99. The van der Waals surface area contributed by atoms with Crippen molar-refractivity contribution in [3.63, 3.8) is 0 Å². The predicted molar refractivity (Wildman–Crippen MR) is 75.2 cm³/mol. The van der Waals surface area contributed by atoms with Gasteiger partial charge in [-0.3, -0.25) is 4.79 Å². The molecule has 1 aromatic carbocycles. The Morgan fingerprint density at radius 2 is 2.06 bits per heavy atom. The van der Waals surface area contributed by atoms with Gasteiger partial charge < -0.3 is 4.90 Å². The van der Waals surface area contributed by atoms with E-state index in [0.717, 1.165) is 18.5 Å². The Kier molecular flexibility index (Phi) is 4.52. The van der Waals surface area contributed by atoms with E-state index in [4.69, 9.17) is 23.2 Å². The smallest absolute Gasteiger partial charge is 0.227 e. The zero-order chi connectivity index (χ0) is 13.1. The molecule has 1 aliphatic heterocycles. The average molecular weight is 286 g/mol. The molecule has 4 heteroatoms. The highest BCUT2D eigenvalue weighted by atomic mass is 35.5. The molecule has 0 N–H and O–H groups in total. The van der Waals surface area contributed by atoms with E-state index in [-0.39, 0.29) is 11.9 Å². The zero-order valence-corrected chi connectivity index (χ0v) is 11.9. The third-order valence-electron chi connectivity index (χ3n) is 3.63. The number of alkyl halides is 1. The summed E-state index contributed by atoms with van der Waals surface area (Å²) in [5.74, 6) is 1.18. The summed E-state index contributed by atoms with van der Waals surface area (Å²) in [6, 6.07) is 7.61. The Labute approximate surface area is 118 Å².